The smallest absolute Gasteiger partial charge is 0.237 e. The lowest BCUT2D eigenvalue weighted by Crippen LogP contribution is -2.03. The van der Waals surface area contributed by atoms with E-state index >= 15 is 0 Å². The van der Waals surface area contributed by atoms with E-state index in [2.05, 4.69) is 176 Å². The summed E-state index contributed by atoms with van der Waals surface area (Å²) in [5.41, 5.74) is 14.8. The van der Waals surface area contributed by atoms with Gasteiger partial charge in [0.1, 0.15) is 5.65 Å². The highest BCUT2D eigenvalue weighted by Gasteiger charge is 2.21. The summed E-state index contributed by atoms with van der Waals surface area (Å²) in [6.07, 6.45) is 0. The Labute approximate surface area is 308 Å². The monoisotopic (exact) mass is 691 g/mol. The predicted molar refractivity (Wildman–Crippen MR) is 219 cm³/mol. The van der Waals surface area contributed by atoms with Gasteiger partial charge in [0.15, 0.2) is 0 Å². The van der Waals surface area contributed by atoms with Crippen LogP contribution in [0.1, 0.15) is 0 Å². The molecule has 0 fully saturated rings. The van der Waals surface area contributed by atoms with E-state index < -0.39 is 0 Å². The molecule has 0 aliphatic rings. The lowest BCUT2D eigenvalue weighted by Gasteiger charge is -2.11. The molecule has 7 heteroatoms. The van der Waals surface area contributed by atoms with Crippen LogP contribution < -0.4 is 0 Å². The van der Waals surface area contributed by atoms with Gasteiger partial charge in [-0.3, -0.25) is 17.9 Å². The summed E-state index contributed by atoms with van der Waals surface area (Å²) in [6, 6.07) is 61.8. The van der Waals surface area contributed by atoms with E-state index in [-0.39, 0.29) is 0 Å². The first kappa shape index (κ1) is 29.1. The quantitative estimate of drug-likeness (QED) is 0.185. The van der Waals surface area contributed by atoms with E-state index in [1.54, 1.807) is 0 Å². The van der Waals surface area contributed by atoms with Crippen molar-refractivity contribution in [3.63, 3.8) is 0 Å². The molecule has 0 amide bonds. The van der Waals surface area contributed by atoms with E-state index in [0.717, 1.165) is 83.3 Å². The number of para-hydroxylation sites is 7. The molecule has 5 heterocycles. The van der Waals surface area contributed by atoms with Crippen molar-refractivity contribution in [2.75, 3.05) is 0 Å². The van der Waals surface area contributed by atoms with Gasteiger partial charge in [-0.1, -0.05) is 115 Å². The van der Waals surface area contributed by atoms with Crippen molar-refractivity contribution in [3.05, 3.63) is 176 Å². The van der Waals surface area contributed by atoms with Gasteiger partial charge in [0, 0.05) is 16.3 Å². The normalized spacial score (nSPS) is 12.1. The molecule has 0 spiro atoms. The SMILES string of the molecule is c1ccc(-c2ccc(-c3nc(-n4c5ccccc5n5c6cc(-n7c8ccccc8n8c9ccccc9nc78)ccc6cc45)nc4ccccc34)cc2)cc1. The minimum absolute atomic E-state index is 0.632. The Hall–Kier alpha value is -7.51. The van der Waals surface area contributed by atoms with E-state index in [1.165, 1.54) is 11.1 Å². The van der Waals surface area contributed by atoms with Crippen LogP contribution in [0.2, 0.25) is 0 Å². The molecule has 0 bridgehead atoms. The summed E-state index contributed by atoms with van der Waals surface area (Å²) in [6.45, 7) is 0. The predicted octanol–water partition coefficient (Wildman–Crippen LogP) is 11.1. The lowest BCUT2D eigenvalue weighted by molar-refractivity contribution is 1.00. The number of nitrogens with zero attached hydrogens (tertiary/aromatic N) is 7. The lowest BCUT2D eigenvalue weighted by atomic mass is 10.0. The Kier molecular flexibility index (Phi) is 5.93. The van der Waals surface area contributed by atoms with E-state index in [9.17, 15) is 0 Å². The highest BCUT2D eigenvalue weighted by atomic mass is 15.2. The minimum Gasteiger partial charge on any atom is -0.293 e. The molecule has 7 aromatic carbocycles. The molecule has 0 unspecified atom stereocenters. The number of fused-ring (bicyclic) bond motifs is 11. The number of hydrogen-bond donors (Lipinski definition) is 0. The molecule has 0 N–H and O–H groups in total. The van der Waals surface area contributed by atoms with Crippen LogP contribution in [0.15, 0.2) is 176 Å². The molecule has 54 heavy (non-hydrogen) atoms. The maximum atomic E-state index is 5.36. The van der Waals surface area contributed by atoms with Gasteiger partial charge >= 0.3 is 0 Å². The van der Waals surface area contributed by atoms with Crippen LogP contribution in [0.5, 0.6) is 0 Å². The Bertz CT molecular complexity index is 3440. The summed E-state index contributed by atoms with van der Waals surface area (Å²) in [4.78, 5) is 15.7. The maximum absolute atomic E-state index is 5.36. The number of hydrogen-bond acceptors (Lipinski definition) is 3. The van der Waals surface area contributed by atoms with Crippen molar-refractivity contribution in [2.24, 2.45) is 0 Å². The number of imidazole rings is 3. The fourth-order valence-corrected chi connectivity index (χ4v) is 8.35. The van der Waals surface area contributed by atoms with Gasteiger partial charge in [0.2, 0.25) is 11.7 Å². The van der Waals surface area contributed by atoms with Crippen molar-refractivity contribution in [1.82, 2.24) is 32.9 Å². The Morgan fingerprint density at radius 2 is 0.981 bits per heavy atom. The van der Waals surface area contributed by atoms with Crippen molar-refractivity contribution < 1.29 is 0 Å². The molecule has 0 aliphatic heterocycles. The van der Waals surface area contributed by atoms with Gasteiger partial charge in [-0.05, 0) is 71.8 Å². The maximum Gasteiger partial charge on any atom is 0.237 e. The van der Waals surface area contributed by atoms with Crippen LogP contribution in [0, 0.1) is 0 Å². The molecule has 5 aromatic heterocycles. The third kappa shape index (κ3) is 4.09. The Morgan fingerprint density at radius 1 is 0.370 bits per heavy atom. The zero-order valence-corrected chi connectivity index (χ0v) is 28.9. The molecule has 0 saturated heterocycles. The van der Waals surface area contributed by atoms with Crippen LogP contribution in [-0.2, 0) is 0 Å². The van der Waals surface area contributed by atoms with E-state index in [1.807, 2.05) is 18.2 Å². The fourth-order valence-electron chi connectivity index (χ4n) is 8.35. The highest BCUT2D eigenvalue weighted by Crippen LogP contribution is 2.36. The summed E-state index contributed by atoms with van der Waals surface area (Å²) in [7, 11) is 0. The summed E-state index contributed by atoms with van der Waals surface area (Å²) in [5.74, 6) is 1.52. The van der Waals surface area contributed by atoms with Crippen LogP contribution in [0.3, 0.4) is 0 Å². The van der Waals surface area contributed by atoms with Gasteiger partial charge in [-0.25, -0.2) is 15.0 Å². The van der Waals surface area contributed by atoms with Gasteiger partial charge < -0.3 is 0 Å². The van der Waals surface area contributed by atoms with Crippen LogP contribution >= 0.6 is 0 Å². The van der Waals surface area contributed by atoms with E-state index in [4.69, 9.17) is 15.0 Å². The molecular weight excluding hydrogens is 663 g/mol. The largest absolute Gasteiger partial charge is 0.293 e. The number of rotatable bonds is 4. The Morgan fingerprint density at radius 3 is 1.78 bits per heavy atom. The zero-order chi connectivity index (χ0) is 35.3. The van der Waals surface area contributed by atoms with Crippen LogP contribution in [-0.4, -0.2) is 32.9 Å². The molecule has 252 valence electrons. The second-order valence-electron chi connectivity index (χ2n) is 13.8. The van der Waals surface area contributed by atoms with Gasteiger partial charge in [0.25, 0.3) is 0 Å². The van der Waals surface area contributed by atoms with Crippen molar-refractivity contribution in [2.45, 2.75) is 0 Å². The highest BCUT2D eigenvalue weighted by molar-refractivity contribution is 5.99. The van der Waals surface area contributed by atoms with Crippen LogP contribution in [0.4, 0.5) is 0 Å². The first-order valence-electron chi connectivity index (χ1n) is 18.1. The average Bonchev–Trinajstić information content (AvgIpc) is 3.97. The molecular formula is C47H29N7. The molecule has 0 aliphatic carbocycles. The van der Waals surface area contributed by atoms with Gasteiger partial charge in [-0.2, -0.15) is 0 Å². The molecule has 12 aromatic rings. The number of benzene rings is 7. The topological polar surface area (TPSA) is 57.4 Å². The Balaban J connectivity index is 1.09. The first-order valence-corrected chi connectivity index (χ1v) is 18.1. The standard InChI is InChI=1S/C47H29N7/c1-2-12-30(13-3-1)31-22-24-32(25-23-31)45-35-14-4-5-15-36(35)48-46(50-45)54-42-21-11-9-19-40(42)52-43-29-34(27-26-33(43)28-44(52)54)51-39-18-8-10-20-41(39)53-38-17-7-6-16-37(38)49-47(51)53/h1-29H. The van der Waals surface area contributed by atoms with Gasteiger partial charge in [0.05, 0.1) is 55.5 Å². The minimum atomic E-state index is 0.632. The molecule has 0 radical (unpaired) electrons. The molecule has 0 atom stereocenters. The summed E-state index contributed by atoms with van der Waals surface area (Å²) in [5, 5.41) is 2.15. The third-order valence-corrected chi connectivity index (χ3v) is 10.8. The first-order chi connectivity index (χ1) is 26.8. The molecule has 12 rings (SSSR count). The van der Waals surface area contributed by atoms with E-state index in [0.29, 0.717) is 5.95 Å². The second-order valence-corrected chi connectivity index (χ2v) is 13.8. The number of aromatic nitrogens is 7. The summed E-state index contributed by atoms with van der Waals surface area (Å²) >= 11 is 0. The fraction of sp³-hybridized carbons (Fsp3) is 0. The van der Waals surface area contributed by atoms with Crippen molar-refractivity contribution in [3.8, 4) is 34.0 Å². The zero-order valence-electron chi connectivity index (χ0n) is 28.9. The molecule has 7 nitrogen and oxygen atoms in total. The average molecular weight is 692 g/mol. The van der Waals surface area contributed by atoms with Crippen molar-refractivity contribution in [1.29, 1.82) is 0 Å². The van der Waals surface area contributed by atoms with Gasteiger partial charge in [-0.15, -0.1) is 0 Å². The van der Waals surface area contributed by atoms with Crippen LogP contribution in [0.25, 0.3) is 100 Å². The summed E-state index contributed by atoms with van der Waals surface area (Å²) < 4.78 is 9.08. The molecule has 0 saturated carbocycles. The second kappa shape index (κ2) is 11.0. The van der Waals surface area contributed by atoms with Crippen molar-refractivity contribution >= 4 is 66.3 Å². The third-order valence-electron chi connectivity index (χ3n) is 10.8.